The molecule has 0 unspecified atom stereocenters. The van der Waals surface area contributed by atoms with E-state index in [1.165, 1.54) is 6.20 Å². The number of hydrogen-bond donors (Lipinski definition) is 3. The van der Waals surface area contributed by atoms with Crippen molar-refractivity contribution >= 4 is 29.3 Å². The van der Waals surface area contributed by atoms with Crippen molar-refractivity contribution in [2.45, 2.75) is 6.61 Å². The maximum atomic E-state index is 11.6. The molecule has 0 bridgehead atoms. The maximum Gasteiger partial charge on any atom is 0.414 e. The van der Waals surface area contributed by atoms with Gasteiger partial charge in [-0.15, -0.1) is 11.3 Å². The largest absolute Gasteiger partial charge is 0.444 e. The Labute approximate surface area is 124 Å². The minimum atomic E-state index is -0.816. The van der Waals surface area contributed by atoms with Crippen LogP contribution in [-0.2, 0) is 11.3 Å². The van der Waals surface area contributed by atoms with Crippen LogP contribution in [0.25, 0.3) is 0 Å². The zero-order valence-electron chi connectivity index (χ0n) is 10.8. The Bertz CT molecular complexity index is 628. The molecule has 108 valence electrons. The van der Waals surface area contributed by atoms with Crippen molar-refractivity contribution in [3.8, 4) is 0 Å². The van der Waals surface area contributed by atoms with E-state index in [-0.39, 0.29) is 11.6 Å². The van der Waals surface area contributed by atoms with E-state index in [0.717, 1.165) is 16.9 Å². The molecule has 0 saturated carbocycles. The number of carbonyl (C=O) groups excluding carboxylic acids is 2. The second kappa shape index (κ2) is 7.15. The summed E-state index contributed by atoms with van der Waals surface area (Å²) in [7, 11) is 0. The molecule has 2 amide bonds. The van der Waals surface area contributed by atoms with Crippen LogP contribution in [0.3, 0.4) is 0 Å². The normalized spacial score (nSPS) is 9.71. The highest BCUT2D eigenvalue weighted by molar-refractivity contribution is 7.11. The van der Waals surface area contributed by atoms with E-state index in [9.17, 15) is 9.59 Å². The lowest BCUT2D eigenvalue weighted by Gasteiger charge is -2.08. The fraction of sp³-hybridized carbons (Fsp3) is 0.0769. The van der Waals surface area contributed by atoms with Crippen molar-refractivity contribution in [1.82, 2.24) is 15.6 Å². The smallest absolute Gasteiger partial charge is 0.414 e. The lowest BCUT2D eigenvalue weighted by molar-refractivity contribution is 0.0975. The van der Waals surface area contributed by atoms with Gasteiger partial charge in [-0.3, -0.25) is 20.8 Å². The summed E-state index contributed by atoms with van der Waals surface area (Å²) in [5.74, 6) is -1.02. The van der Waals surface area contributed by atoms with Gasteiger partial charge >= 0.3 is 6.09 Å². The molecule has 0 aliphatic rings. The van der Waals surface area contributed by atoms with Gasteiger partial charge in [-0.25, -0.2) is 9.78 Å². The molecular weight excluding hydrogens is 292 g/mol. The van der Waals surface area contributed by atoms with E-state index >= 15 is 0 Å². The number of benzene rings is 1. The van der Waals surface area contributed by atoms with E-state index in [2.05, 4.69) is 15.6 Å². The van der Waals surface area contributed by atoms with Crippen LogP contribution in [0.1, 0.15) is 15.4 Å². The molecule has 0 aliphatic heterocycles. The van der Waals surface area contributed by atoms with E-state index < -0.39 is 18.0 Å². The van der Waals surface area contributed by atoms with Crippen LogP contribution >= 0.6 is 11.3 Å². The van der Waals surface area contributed by atoms with Gasteiger partial charge < -0.3 is 4.74 Å². The maximum absolute atomic E-state index is 11.6. The van der Waals surface area contributed by atoms with Gasteiger partial charge in [-0.05, 0) is 5.56 Å². The summed E-state index contributed by atoms with van der Waals surface area (Å²) in [6, 6.07) is 9.12. The van der Waals surface area contributed by atoms with Gasteiger partial charge in [0.1, 0.15) is 6.61 Å². The van der Waals surface area contributed by atoms with Crippen LogP contribution in [0.4, 0.5) is 4.79 Å². The Hall–Kier alpha value is -2.74. The molecule has 1 aromatic heterocycles. The molecule has 1 heterocycles. The molecule has 0 radical (unpaired) electrons. The first-order valence-electron chi connectivity index (χ1n) is 5.92. The Morgan fingerprint density at radius 1 is 1.24 bits per heavy atom. The summed E-state index contributed by atoms with van der Waals surface area (Å²) in [5.41, 5.74) is 0.825. The predicted molar refractivity (Wildman–Crippen MR) is 77.1 cm³/mol. The molecule has 0 spiro atoms. The van der Waals surface area contributed by atoms with Crippen LogP contribution in [0.2, 0.25) is 0 Å². The third-order valence-electron chi connectivity index (χ3n) is 2.30. The number of ether oxygens (including phenoxy) is 1. The topological polar surface area (TPSA) is 104 Å². The van der Waals surface area contributed by atoms with E-state index in [4.69, 9.17) is 10.1 Å². The quantitative estimate of drug-likeness (QED) is 0.593. The predicted octanol–water partition coefficient (Wildman–Crippen LogP) is 1.73. The summed E-state index contributed by atoms with van der Waals surface area (Å²) < 4.78 is 4.92. The number of aromatic nitrogens is 1. The Morgan fingerprint density at radius 2 is 2.00 bits per heavy atom. The summed E-state index contributed by atoms with van der Waals surface area (Å²) in [6.45, 7) is 0.0837. The minimum absolute atomic E-state index is 0.0837. The summed E-state index contributed by atoms with van der Waals surface area (Å²) in [6.07, 6.45) is 0.661. The van der Waals surface area contributed by atoms with Gasteiger partial charge in [-0.2, -0.15) is 0 Å². The van der Waals surface area contributed by atoms with Crippen molar-refractivity contribution in [3.05, 3.63) is 52.5 Å². The van der Waals surface area contributed by atoms with Gasteiger partial charge in [0.2, 0.25) is 5.96 Å². The number of thiazole rings is 1. The second-order valence-corrected chi connectivity index (χ2v) is 4.75. The fourth-order valence-electron chi connectivity index (χ4n) is 1.40. The molecule has 2 rings (SSSR count). The van der Waals surface area contributed by atoms with Gasteiger partial charge in [0.05, 0.1) is 0 Å². The number of hydrogen-bond acceptors (Lipinski definition) is 6. The summed E-state index contributed by atoms with van der Waals surface area (Å²) in [4.78, 5) is 26.8. The zero-order valence-corrected chi connectivity index (χ0v) is 11.6. The zero-order chi connectivity index (χ0) is 15.1. The molecule has 0 aliphatic carbocycles. The number of carbonyl (C=O) groups is 2. The van der Waals surface area contributed by atoms with Crippen molar-refractivity contribution in [3.63, 3.8) is 0 Å². The van der Waals surface area contributed by atoms with E-state index in [0.29, 0.717) is 0 Å². The summed E-state index contributed by atoms with van der Waals surface area (Å²) in [5, 5.41) is 13.6. The lowest BCUT2D eigenvalue weighted by Crippen LogP contribution is -2.43. The first-order chi connectivity index (χ1) is 10.1. The van der Waals surface area contributed by atoms with Gasteiger partial charge in [0.25, 0.3) is 5.91 Å². The highest BCUT2D eigenvalue weighted by atomic mass is 32.1. The molecule has 7 nitrogen and oxygen atoms in total. The Kier molecular flexibility index (Phi) is 4.99. The van der Waals surface area contributed by atoms with E-state index in [1.807, 2.05) is 30.3 Å². The molecule has 0 fully saturated rings. The Morgan fingerprint density at radius 3 is 2.67 bits per heavy atom. The third kappa shape index (κ3) is 4.69. The van der Waals surface area contributed by atoms with Crippen molar-refractivity contribution < 1.29 is 14.3 Å². The van der Waals surface area contributed by atoms with Gasteiger partial charge in [0.15, 0.2) is 5.01 Å². The van der Waals surface area contributed by atoms with Crippen LogP contribution < -0.4 is 10.6 Å². The molecular formula is C13H12N4O3S. The number of guanidine groups is 1. The third-order valence-corrected chi connectivity index (χ3v) is 3.08. The highest BCUT2D eigenvalue weighted by Gasteiger charge is 2.12. The first kappa shape index (κ1) is 14.7. The number of alkyl carbamates (subject to hydrolysis) is 1. The number of nitrogens with one attached hydrogen (secondary N) is 3. The number of amides is 2. The second-order valence-electron chi connectivity index (χ2n) is 3.85. The molecule has 2 aromatic rings. The van der Waals surface area contributed by atoms with Crippen LogP contribution in [0, 0.1) is 5.41 Å². The Balaban J connectivity index is 1.75. The van der Waals surface area contributed by atoms with Crippen LogP contribution in [-0.4, -0.2) is 22.9 Å². The van der Waals surface area contributed by atoms with Crippen molar-refractivity contribution in [1.29, 1.82) is 5.41 Å². The number of rotatable bonds is 3. The molecule has 0 saturated heterocycles. The lowest BCUT2D eigenvalue weighted by atomic mass is 10.2. The minimum Gasteiger partial charge on any atom is -0.444 e. The SMILES string of the molecule is N=C(NC(=O)OCc1ccccc1)NC(=O)c1nccs1. The van der Waals surface area contributed by atoms with Crippen LogP contribution in [0.5, 0.6) is 0 Å². The first-order valence-corrected chi connectivity index (χ1v) is 6.80. The monoisotopic (exact) mass is 304 g/mol. The van der Waals surface area contributed by atoms with E-state index in [1.54, 1.807) is 5.38 Å². The number of nitrogens with zero attached hydrogens (tertiary/aromatic N) is 1. The molecule has 0 atom stereocenters. The average molecular weight is 304 g/mol. The molecule has 8 heteroatoms. The molecule has 3 N–H and O–H groups in total. The van der Waals surface area contributed by atoms with Crippen LogP contribution in [0.15, 0.2) is 41.9 Å². The van der Waals surface area contributed by atoms with Gasteiger partial charge in [-0.1, -0.05) is 30.3 Å². The standard InChI is InChI=1S/C13H12N4O3S/c14-12(16-10(18)11-15-6-7-21-11)17-13(19)20-8-9-4-2-1-3-5-9/h1-7H,8H2,(H3,14,16,17,18,19). The van der Waals surface area contributed by atoms with Crippen molar-refractivity contribution in [2.24, 2.45) is 0 Å². The summed E-state index contributed by atoms with van der Waals surface area (Å²) >= 11 is 1.14. The molecule has 1 aromatic carbocycles. The average Bonchev–Trinajstić information content (AvgIpc) is 3.00. The highest BCUT2D eigenvalue weighted by Crippen LogP contribution is 2.03. The fourth-order valence-corrected chi connectivity index (χ4v) is 1.93. The molecule has 21 heavy (non-hydrogen) atoms. The van der Waals surface area contributed by atoms with Crippen molar-refractivity contribution in [2.75, 3.05) is 0 Å². The van der Waals surface area contributed by atoms with Gasteiger partial charge in [0, 0.05) is 11.6 Å².